The van der Waals surface area contributed by atoms with E-state index in [9.17, 15) is 4.79 Å². The third-order valence-corrected chi connectivity index (χ3v) is 5.08. The first-order chi connectivity index (χ1) is 10.2. The molecule has 2 aromatic rings. The number of thiazole rings is 1. The minimum absolute atomic E-state index is 0.0641. The zero-order valence-corrected chi connectivity index (χ0v) is 14.0. The van der Waals surface area contributed by atoms with Crippen LogP contribution in [0.5, 0.6) is 0 Å². The fourth-order valence-electron chi connectivity index (χ4n) is 1.91. The molecule has 2 heterocycles. The van der Waals surface area contributed by atoms with Crippen molar-refractivity contribution in [2.45, 2.75) is 37.6 Å². The van der Waals surface area contributed by atoms with Crippen LogP contribution >= 0.6 is 23.1 Å². The second kappa shape index (κ2) is 8.19. The quantitative estimate of drug-likeness (QED) is 0.599. The van der Waals surface area contributed by atoms with E-state index in [-0.39, 0.29) is 5.91 Å². The Hall–Kier alpha value is -1.34. The molecule has 0 unspecified atom stereocenters. The van der Waals surface area contributed by atoms with Gasteiger partial charge in [-0.25, -0.2) is 9.97 Å². The number of thioether (sulfide) groups is 1. The zero-order valence-electron chi connectivity index (χ0n) is 12.3. The van der Waals surface area contributed by atoms with Gasteiger partial charge in [-0.05, 0) is 13.3 Å². The molecule has 21 heavy (non-hydrogen) atoms. The van der Waals surface area contributed by atoms with Gasteiger partial charge in [0.05, 0.1) is 5.75 Å². The Morgan fingerprint density at radius 3 is 3.10 bits per heavy atom. The molecule has 114 valence electrons. The van der Waals surface area contributed by atoms with Crippen LogP contribution in [0.3, 0.4) is 0 Å². The summed E-state index contributed by atoms with van der Waals surface area (Å²) in [4.78, 5) is 20.3. The number of aryl methyl sites for hydroxylation is 3. The monoisotopic (exact) mass is 324 g/mol. The molecule has 0 aliphatic carbocycles. The molecule has 0 aliphatic heterocycles. The summed E-state index contributed by atoms with van der Waals surface area (Å²) in [5.41, 5.74) is 1.01. The third kappa shape index (κ3) is 5.17. The van der Waals surface area contributed by atoms with Crippen LogP contribution < -0.4 is 5.32 Å². The average molecular weight is 324 g/mol. The van der Waals surface area contributed by atoms with Gasteiger partial charge in [0, 0.05) is 43.0 Å². The largest absolute Gasteiger partial charge is 0.355 e. The van der Waals surface area contributed by atoms with E-state index < -0.39 is 0 Å². The summed E-state index contributed by atoms with van der Waals surface area (Å²) in [6.07, 6.45) is 5.66. The lowest BCUT2D eigenvalue weighted by Crippen LogP contribution is -2.26. The molecule has 0 fully saturated rings. The highest BCUT2D eigenvalue weighted by Crippen LogP contribution is 2.21. The van der Waals surface area contributed by atoms with Crippen molar-refractivity contribution >= 4 is 29.0 Å². The highest BCUT2D eigenvalue weighted by molar-refractivity contribution is 8.01. The molecule has 0 aromatic carbocycles. The van der Waals surface area contributed by atoms with Crippen molar-refractivity contribution < 1.29 is 4.79 Å². The van der Waals surface area contributed by atoms with Gasteiger partial charge in [0.15, 0.2) is 4.34 Å². The van der Waals surface area contributed by atoms with E-state index in [1.165, 1.54) is 11.8 Å². The van der Waals surface area contributed by atoms with Crippen LogP contribution in [0.15, 0.2) is 22.1 Å². The second-order valence-electron chi connectivity index (χ2n) is 4.64. The molecular weight excluding hydrogens is 304 g/mol. The van der Waals surface area contributed by atoms with Crippen LogP contribution in [-0.2, 0) is 17.8 Å². The topological polar surface area (TPSA) is 59.8 Å². The Kier molecular flexibility index (Phi) is 6.25. The van der Waals surface area contributed by atoms with Crippen LogP contribution in [0.1, 0.15) is 24.9 Å². The number of nitrogens with zero attached hydrogens (tertiary/aromatic N) is 3. The Balaban J connectivity index is 1.61. The summed E-state index contributed by atoms with van der Waals surface area (Å²) < 4.78 is 3.09. The van der Waals surface area contributed by atoms with Crippen molar-refractivity contribution in [2.75, 3.05) is 12.3 Å². The van der Waals surface area contributed by atoms with E-state index in [1.54, 1.807) is 11.3 Å². The van der Waals surface area contributed by atoms with E-state index in [2.05, 4.69) is 26.8 Å². The molecule has 0 saturated carbocycles. The summed E-state index contributed by atoms with van der Waals surface area (Å²) in [5.74, 6) is 1.59. The van der Waals surface area contributed by atoms with E-state index in [4.69, 9.17) is 0 Å². The van der Waals surface area contributed by atoms with Crippen molar-refractivity contribution in [3.05, 3.63) is 29.3 Å². The lowest BCUT2D eigenvalue weighted by Gasteiger charge is -2.07. The Morgan fingerprint density at radius 1 is 1.52 bits per heavy atom. The van der Waals surface area contributed by atoms with Gasteiger partial charge in [0.2, 0.25) is 5.91 Å². The van der Waals surface area contributed by atoms with Crippen LogP contribution in [0.2, 0.25) is 0 Å². The van der Waals surface area contributed by atoms with E-state index in [1.807, 2.05) is 24.7 Å². The average Bonchev–Trinajstić information content (AvgIpc) is 3.09. The van der Waals surface area contributed by atoms with Gasteiger partial charge in [-0.3, -0.25) is 4.79 Å². The van der Waals surface area contributed by atoms with Crippen molar-refractivity contribution in [1.29, 1.82) is 0 Å². The standard InChI is InChI=1S/C14H20N4OS2/c1-3-12-15-6-8-18(12)7-4-5-16-13(19)10-21-14-17-11(2)9-20-14/h6,8-9H,3-5,7,10H2,1-2H3,(H,16,19). The molecular formula is C14H20N4OS2. The van der Waals surface area contributed by atoms with Gasteiger partial charge >= 0.3 is 0 Å². The van der Waals surface area contributed by atoms with Crippen LogP contribution in [0.25, 0.3) is 0 Å². The van der Waals surface area contributed by atoms with Crippen molar-refractivity contribution in [1.82, 2.24) is 19.9 Å². The third-order valence-electron chi connectivity index (χ3n) is 2.94. The molecule has 0 bridgehead atoms. The summed E-state index contributed by atoms with van der Waals surface area (Å²) >= 11 is 3.08. The molecule has 2 aromatic heterocycles. The summed E-state index contributed by atoms with van der Waals surface area (Å²) in [6.45, 7) is 5.64. The summed E-state index contributed by atoms with van der Waals surface area (Å²) in [5, 5.41) is 4.94. The van der Waals surface area contributed by atoms with Crippen LogP contribution in [0, 0.1) is 6.92 Å². The maximum absolute atomic E-state index is 11.7. The molecule has 0 atom stereocenters. The number of aromatic nitrogens is 3. The van der Waals surface area contributed by atoms with Gasteiger partial charge in [-0.1, -0.05) is 18.7 Å². The highest BCUT2D eigenvalue weighted by atomic mass is 32.2. The number of nitrogens with one attached hydrogen (secondary N) is 1. The molecule has 0 saturated heterocycles. The fraction of sp³-hybridized carbons (Fsp3) is 0.500. The number of carbonyl (C=O) groups excluding carboxylic acids is 1. The smallest absolute Gasteiger partial charge is 0.230 e. The van der Waals surface area contributed by atoms with Crippen molar-refractivity contribution in [3.63, 3.8) is 0 Å². The maximum atomic E-state index is 11.7. The number of hydrogen-bond donors (Lipinski definition) is 1. The first-order valence-electron chi connectivity index (χ1n) is 7.00. The van der Waals surface area contributed by atoms with Gasteiger partial charge in [-0.15, -0.1) is 11.3 Å². The molecule has 0 spiro atoms. The number of imidazole rings is 1. The Labute approximate surface area is 133 Å². The van der Waals surface area contributed by atoms with Gasteiger partial charge in [0.1, 0.15) is 5.82 Å². The maximum Gasteiger partial charge on any atom is 0.230 e. The first-order valence-corrected chi connectivity index (χ1v) is 8.87. The second-order valence-corrected chi connectivity index (χ2v) is 6.72. The first kappa shape index (κ1) is 16.0. The SMILES string of the molecule is CCc1nccn1CCCNC(=O)CSc1nc(C)cs1. The highest BCUT2D eigenvalue weighted by Gasteiger charge is 2.05. The molecule has 0 radical (unpaired) electrons. The number of rotatable bonds is 8. The van der Waals surface area contributed by atoms with Crippen molar-refractivity contribution in [2.24, 2.45) is 0 Å². The molecule has 7 heteroatoms. The molecule has 1 amide bonds. The summed E-state index contributed by atoms with van der Waals surface area (Å²) in [6, 6.07) is 0. The molecule has 0 aliphatic rings. The number of carbonyl (C=O) groups is 1. The van der Waals surface area contributed by atoms with E-state index >= 15 is 0 Å². The fourth-order valence-corrected chi connectivity index (χ4v) is 3.59. The molecule has 5 nitrogen and oxygen atoms in total. The molecule has 1 N–H and O–H groups in total. The lowest BCUT2D eigenvalue weighted by molar-refractivity contribution is -0.118. The number of hydrogen-bond acceptors (Lipinski definition) is 5. The zero-order chi connectivity index (χ0) is 15.1. The minimum atomic E-state index is 0.0641. The van der Waals surface area contributed by atoms with E-state index in [0.29, 0.717) is 12.3 Å². The molecule has 2 rings (SSSR count). The van der Waals surface area contributed by atoms with Crippen LogP contribution in [0.4, 0.5) is 0 Å². The summed E-state index contributed by atoms with van der Waals surface area (Å²) in [7, 11) is 0. The van der Waals surface area contributed by atoms with E-state index in [0.717, 1.165) is 35.2 Å². The van der Waals surface area contributed by atoms with Gasteiger partial charge in [-0.2, -0.15) is 0 Å². The normalized spacial score (nSPS) is 10.8. The van der Waals surface area contributed by atoms with Gasteiger partial charge in [0.25, 0.3) is 0 Å². The predicted octanol–water partition coefficient (Wildman–Crippen LogP) is 2.51. The lowest BCUT2D eigenvalue weighted by atomic mass is 10.4. The van der Waals surface area contributed by atoms with Gasteiger partial charge < -0.3 is 9.88 Å². The predicted molar refractivity (Wildman–Crippen MR) is 86.8 cm³/mol. The van der Waals surface area contributed by atoms with Crippen molar-refractivity contribution in [3.8, 4) is 0 Å². The van der Waals surface area contributed by atoms with Crippen LogP contribution in [-0.4, -0.2) is 32.7 Å². The Morgan fingerprint density at radius 2 is 2.38 bits per heavy atom. The number of amides is 1. The Bertz CT molecular complexity index is 579. The minimum Gasteiger partial charge on any atom is -0.355 e.